The Bertz CT molecular complexity index is 1860. The number of ether oxygens (including phenoxy) is 2. The first kappa shape index (κ1) is 28.1. The molecule has 1 atom stereocenters. The van der Waals surface area contributed by atoms with E-state index < -0.39 is 17.2 Å². The van der Waals surface area contributed by atoms with Crippen LogP contribution in [0.1, 0.15) is 10.4 Å². The Balaban J connectivity index is 1.63. The number of azide groups is 1. The lowest BCUT2D eigenvalue weighted by molar-refractivity contribution is 0.100. The van der Waals surface area contributed by atoms with Gasteiger partial charge in [-0.05, 0) is 52.1 Å². The molecule has 0 aliphatic rings. The van der Waals surface area contributed by atoms with Gasteiger partial charge in [0.25, 0.3) is 0 Å². The molecule has 1 amide bonds. The summed E-state index contributed by atoms with van der Waals surface area (Å²) in [6, 6.07) is 25.4. The Hall–Kier alpha value is -5.49. The number of aromatic nitrogens is 2. The van der Waals surface area contributed by atoms with E-state index in [1.54, 1.807) is 78.9 Å². The van der Waals surface area contributed by atoms with Crippen LogP contribution in [0.4, 0.5) is 23.0 Å². The Morgan fingerprint density at radius 3 is 2.19 bits per heavy atom. The van der Waals surface area contributed by atoms with Crippen molar-refractivity contribution in [2.45, 2.75) is 0 Å². The number of benzene rings is 4. The molecule has 210 valence electrons. The van der Waals surface area contributed by atoms with Crippen LogP contribution in [0.3, 0.4) is 0 Å². The van der Waals surface area contributed by atoms with E-state index in [4.69, 9.17) is 20.0 Å². The molecule has 1 heterocycles. The fourth-order valence-corrected chi connectivity index (χ4v) is 4.81. The molecule has 5 rings (SSSR count). The summed E-state index contributed by atoms with van der Waals surface area (Å²) >= 11 is -2.83. The number of fused-ring (bicyclic) bond motifs is 1. The Morgan fingerprint density at radius 2 is 1.55 bits per heavy atom. The summed E-state index contributed by atoms with van der Waals surface area (Å²) in [7, 11) is 3.05. The summed E-state index contributed by atoms with van der Waals surface area (Å²) < 4.78 is 37.4. The minimum Gasteiger partial charge on any atom is -0.755 e. The second kappa shape index (κ2) is 12.4. The highest BCUT2D eigenvalue weighted by atomic mass is 32.2. The van der Waals surface area contributed by atoms with Crippen LogP contribution in [0.25, 0.3) is 32.6 Å². The molecule has 12 nitrogen and oxygen atoms in total. The lowest BCUT2D eigenvalue weighted by Crippen LogP contribution is -2.22. The van der Waals surface area contributed by atoms with Gasteiger partial charge in [0.1, 0.15) is 11.5 Å². The molecule has 1 aromatic heterocycles. The van der Waals surface area contributed by atoms with E-state index in [0.29, 0.717) is 39.3 Å². The van der Waals surface area contributed by atoms with Gasteiger partial charge >= 0.3 is 0 Å². The molecule has 0 radical (unpaired) electrons. The fourth-order valence-electron chi connectivity index (χ4n) is 4.25. The molecule has 5 aromatic rings. The minimum absolute atomic E-state index is 0.0215. The van der Waals surface area contributed by atoms with Crippen LogP contribution in [-0.4, -0.2) is 38.9 Å². The van der Waals surface area contributed by atoms with E-state index in [-0.39, 0.29) is 22.9 Å². The van der Waals surface area contributed by atoms with Crippen molar-refractivity contribution >= 4 is 51.2 Å². The van der Waals surface area contributed by atoms with Crippen LogP contribution in [0.15, 0.2) is 96.1 Å². The maximum Gasteiger partial charge on any atom is 0.249 e. The van der Waals surface area contributed by atoms with Crippen LogP contribution in [0.5, 0.6) is 11.5 Å². The highest BCUT2D eigenvalue weighted by Gasteiger charge is 2.21. The number of amides is 1. The summed E-state index contributed by atoms with van der Waals surface area (Å²) in [5, 5.41) is 6.31. The average molecular weight is 581 g/mol. The first-order valence-electron chi connectivity index (χ1n) is 12.4. The van der Waals surface area contributed by atoms with E-state index in [2.05, 4.69) is 20.3 Å². The van der Waals surface area contributed by atoms with Crippen molar-refractivity contribution in [2.24, 2.45) is 5.11 Å². The normalized spacial score (nSPS) is 11.3. The molecule has 0 saturated carbocycles. The zero-order valence-corrected chi connectivity index (χ0v) is 23.1. The van der Waals surface area contributed by atoms with Crippen molar-refractivity contribution in [1.82, 2.24) is 9.97 Å². The molecule has 0 fully saturated rings. The van der Waals surface area contributed by atoms with Gasteiger partial charge in [-0.25, -0.2) is 9.97 Å². The number of carbonyl (C=O) groups excluding carboxylic acids is 1. The van der Waals surface area contributed by atoms with Crippen molar-refractivity contribution in [1.29, 1.82) is 0 Å². The summed E-state index contributed by atoms with van der Waals surface area (Å²) in [5.74, 6) is 0.499. The lowest BCUT2D eigenvalue weighted by Gasteiger charge is -2.27. The van der Waals surface area contributed by atoms with E-state index >= 15 is 0 Å². The van der Waals surface area contributed by atoms with Gasteiger partial charge in [-0.1, -0.05) is 42.5 Å². The standard InChI is InChI=1S/C29H23N7O5S/c1-40-23-15-21(16-24(17-23)41-2)31-27-28(33-26-12-4-3-11-25(26)32-27)36(42(38)39)22-10-6-8-19(14-22)18-7-5-9-20(13-18)29(37)34-35-30/h3-17H,1-2H3,(H,31,32)(H,38,39)/p-1. The van der Waals surface area contributed by atoms with Crippen LogP contribution < -0.4 is 19.1 Å². The van der Waals surface area contributed by atoms with Crippen LogP contribution in [-0.2, 0) is 11.3 Å². The van der Waals surface area contributed by atoms with Gasteiger partial charge in [-0.3, -0.25) is 13.3 Å². The predicted octanol–water partition coefficient (Wildman–Crippen LogP) is 6.44. The first-order chi connectivity index (χ1) is 20.4. The van der Waals surface area contributed by atoms with Crippen molar-refractivity contribution in [3.63, 3.8) is 0 Å². The predicted molar refractivity (Wildman–Crippen MR) is 159 cm³/mol. The maximum atomic E-state index is 12.8. The second-order valence-corrected chi connectivity index (χ2v) is 9.55. The number of methoxy groups -OCH3 is 2. The zero-order valence-electron chi connectivity index (χ0n) is 22.3. The zero-order chi connectivity index (χ0) is 29.6. The minimum atomic E-state index is -2.83. The Kier molecular flexibility index (Phi) is 8.25. The Labute approximate surface area is 242 Å². The number of hydrogen-bond donors (Lipinski definition) is 1. The first-order valence-corrected chi connectivity index (χ1v) is 13.4. The van der Waals surface area contributed by atoms with Gasteiger partial charge in [0.05, 0.1) is 42.2 Å². The third-order valence-electron chi connectivity index (χ3n) is 6.17. The number of anilines is 4. The van der Waals surface area contributed by atoms with Gasteiger partial charge in [0.2, 0.25) is 5.91 Å². The van der Waals surface area contributed by atoms with Gasteiger partial charge < -0.3 is 19.3 Å². The van der Waals surface area contributed by atoms with Crippen molar-refractivity contribution in [3.05, 3.63) is 107 Å². The fraction of sp³-hybridized carbons (Fsp3) is 0.0690. The van der Waals surface area contributed by atoms with E-state index in [0.717, 1.165) is 4.31 Å². The van der Waals surface area contributed by atoms with Gasteiger partial charge in [-0.15, -0.1) is 0 Å². The second-order valence-electron chi connectivity index (χ2n) is 8.75. The summed E-state index contributed by atoms with van der Waals surface area (Å²) in [6.45, 7) is 0. The quantitative estimate of drug-likeness (QED) is 0.0900. The largest absolute Gasteiger partial charge is 0.755 e. The summed E-state index contributed by atoms with van der Waals surface area (Å²) in [6.07, 6.45) is 0. The number of rotatable bonds is 9. The van der Waals surface area contributed by atoms with E-state index in [1.807, 2.05) is 6.07 Å². The van der Waals surface area contributed by atoms with Gasteiger partial charge in [0.15, 0.2) is 11.6 Å². The average Bonchev–Trinajstić information content (AvgIpc) is 3.01. The highest BCUT2D eigenvalue weighted by molar-refractivity contribution is 7.81. The molecule has 1 unspecified atom stereocenters. The van der Waals surface area contributed by atoms with Crippen LogP contribution in [0, 0.1) is 0 Å². The van der Waals surface area contributed by atoms with Crippen molar-refractivity contribution in [2.75, 3.05) is 23.8 Å². The molecule has 13 heteroatoms. The molecular formula is C29H22N7O5S-. The highest BCUT2D eigenvalue weighted by Crippen LogP contribution is 2.37. The molecular weight excluding hydrogens is 558 g/mol. The number of para-hydroxylation sites is 2. The van der Waals surface area contributed by atoms with Crippen LogP contribution >= 0.6 is 0 Å². The summed E-state index contributed by atoms with van der Waals surface area (Å²) in [5.41, 5.74) is 11.9. The lowest BCUT2D eigenvalue weighted by atomic mass is 10.0. The van der Waals surface area contributed by atoms with Gasteiger partial charge in [-0.2, -0.15) is 0 Å². The molecule has 0 spiro atoms. The molecule has 0 saturated heterocycles. The maximum absolute atomic E-state index is 12.8. The van der Waals surface area contributed by atoms with Gasteiger partial charge in [0, 0.05) is 34.4 Å². The third kappa shape index (κ3) is 5.98. The summed E-state index contributed by atoms with van der Waals surface area (Å²) in [4.78, 5) is 24.0. The molecule has 0 aliphatic heterocycles. The van der Waals surface area contributed by atoms with E-state index in [9.17, 15) is 13.6 Å². The van der Waals surface area contributed by atoms with E-state index in [1.165, 1.54) is 20.3 Å². The van der Waals surface area contributed by atoms with Crippen molar-refractivity contribution in [3.8, 4) is 22.6 Å². The molecule has 42 heavy (non-hydrogen) atoms. The monoisotopic (exact) mass is 580 g/mol. The topological polar surface area (TPSA) is 165 Å². The number of carbonyl (C=O) groups is 1. The Morgan fingerprint density at radius 1 is 0.905 bits per heavy atom. The molecule has 4 aromatic carbocycles. The SMILES string of the molecule is COc1cc(Nc2nc3ccccc3nc2N(c2cccc(-c3cccc(C(=O)N=[N+]=[N-])c3)c2)S(=O)[O-])cc(OC)c1. The molecule has 0 aliphatic carbocycles. The molecule has 1 N–H and O–H groups in total. The smallest absolute Gasteiger partial charge is 0.249 e. The molecule has 0 bridgehead atoms. The number of hydrogen-bond acceptors (Lipinski definition) is 8. The number of nitrogens with zero attached hydrogens (tertiary/aromatic N) is 6. The third-order valence-corrected chi connectivity index (χ3v) is 6.85. The van der Waals surface area contributed by atoms with Crippen molar-refractivity contribution < 1.29 is 23.0 Å². The number of nitrogens with one attached hydrogen (secondary N) is 1. The van der Waals surface area contributed by atoms with Crippen LogP contribution in [0.2, 0.25) is 0 Å².